The predicted molar refractivity (Wildman–Crippen MR) is 72.0 cm³/mol. The monoisotopic (exact) mass is 279 g/mol. The molecule has 2 fully saturated rings. The molecule has 4 nitrogen and oxygen atoms in total. The van der Waals surface area contributed by atoms with Gasteiger partial charge in [0, 0.05) is 12.3 Å². The van der Waals surface area contributed by atoms with E-state index >= 15 is 0 Å². The lowest BCUT2D eigenvalue weighted by molar-refractivity contribution is 0.00557. The number of aliphatic hydroxyl groups is 1. The van der Waals surface area contributed by atoms with Gasteiger partial charge in [-0.2, -0.15) is 0 Å². The van der Waals surface area contributed by atoms with Gasteiger partial charge in [-0.1, -0.05) is 0 Å². The van der Waals surface area contributed by atoms with Crippen LogP contribution in [0.1, 0.15) is 25.7 Å². The number of halogens is 1. The number of nitrogens with zero attached hydrogens (tertiary/aromatic N) is 1. The van der Waals surface area contributed by atoms with Crippen LogP contribution in [0.4, 0.5) is 14.9 Å². The summed E-state index contributed by atoms with van der Waals surface area (Å²) in [5.74, 6) is -0.00122. The quantitative estimate of drug-likeness (QED) is 0.905. The van der Waals surface area contributed by atoms with Gasteiger partial charge < -0.3 is 9.84 Å². The van der Waals surface area contributed by atoms with Gasteiger partial charge in [-0.15, -0.1) is 0 Å². The molecule has 1 amide bonds. The van der Waals surface area contributed by atoms with Gasteiger partial charge in [0.05, 0.1) is 6.54 Å². The zero-order valence-electron chi connectivity index (χ0n) is 11.2. The van der Waals surface area contributed by atoms with E-state index in [1.54, 1.807) is 17.0 Å². The van der Waals surface area contributed by atoms with Gasteiger partial charge in [0.15, 0.2) is 0 Å². The van der Waals surface area contributed by atoms with Gasteiger partial charge in [0.1, 0.15) is 11.4 Å². The van der Waals surface area contributed by atoms with Gasteiger partial charge >= 0.3 is 6.09 Å². The van der Waals surface area contributed by atoms with E-state index in [4.69, 9.17) is 4.74 Å². The van der Waals surface area contributed by atoms with E-state index in [1.165, 1.54) is 12.1 Å². The van der Waals surface area contributed by atoms with E-state index < -0.39 is 5.60 Å². The van der Waals surface area contributed by atoms with E-state index in [1.807, 2.05) is 0 Å². The molecule has 1 N–H and O–H groups in total. The van der Waals surface area contributed by atoms with Crippen molar-refractivity contribution in [3.8, 4) is 0 Å². The Kier molecular flexibility index (Phi) is 3.38. The molecule has 0 radical (unpaired) electrons. The van der Waals surface area contributed by atoms with E-state index in [0.717, 1.165) is 25.7 Å². The first-order valence-corrected chi connectivity index (χ1v) is 6.99. The standard InChI is InChI=1S/C15H18FNO3/c16-12-1-3-13(4-2-12)17-10-15(20-14(17)19)7-5-11(9-18)6-8-15/h1-4,11,18H,5-10H2. The minimum Gasteiger partial charge on any atom is -0.441 e. The van der Waals surface area contributed by atoms with E-state index in [2.05, 4.69) is 0 Å². The molecule has 2 aliphatic rings. The molecule has 1 aromatic carbocycles. The molecule has 108 valence electrons. The minimum absolute atomic E-state index is 0.200. The van der Waals surface area contributed by atoms with Crippen LogP contribution in [-0.2, 0) is 4.74 Å². The summed E-state index contributed by atoms with van der Waals surface area (Å²) in [6.45, 7) is 0.710. The van der Waals surface area contributed by atoms with E-state index in [0.29, 0.717) is 18.2 Å². The fraction of sp³-hybridized carbons (Fsp3) is 0.533. The van der Waals surface area contributed by atoms with Crippen LogP contribution in [0.5, 0.6) is 0 Å². The van der Waals surface area contributed by atoms with Gasteiger partial charge in [-0.05, 0) is 55.9 Å². The molecule has 3 rings (SSSR count). The van der Waals surface area contributed by atoms with E-state index in [-0.39, 0.29) is 18.5 Å². The van der Waals surface area contributed by atoms with Crippen molar-refractivity contribution in [2.45, 2.75) is 31.3 Å². The number of hydrogen-bond donors (Lipinski definition) is 1. The number of aliphatic hydroxyl groups excluding tert-OH is 1. The third kappa shape index (κ3) is 2.38. The second-order valence-electron chi connectivity index (χ2n) is 5.74. The minimum atomic E-state index is -0.433. The highest BCUT2D eigenvalue weighted by atomic mass is 19.1. The number of ether oxygens (including phenoxy) is 1. The maximum atomic E-state index is 12.9. The van der Waals surface area contributed by atoms with Crippen molar-refractivity contribution in [3.63, 3.8) is 0 Å². The fourth-order valence-corrected chi connectivity index (χ4v) is 3.09. The maximum Gasteiger partial charge on any atom is 0.415 e. The first-order valence-electron chi connectivity index (χ1n) is 6.99. The molecular weight excluding hydrogens is 261 g/mol. The third-order valence-electron chi connectivity index (χ3n) is 4.38. The smallest absolute Gasteiger partial charge is 0.415 e. The normalized spacial score (nSPS) is 29.8. The maximum absolute atomic E-state index is 12.9. The van der Waals surface area contributed by atoms with E-state index in [9.17, 15) is 14.3 Å². The Morgan fingerprint density at radius 2 is 1.95 bits per heavy atom. The van der Waals surface area contributed by atoms with Crippen LogP contribution in [0.3, 0.4) is 0 Å². The second kappa shape index (κ2) is 5.05. The molecule has 0 unspecified atom stereocenters. The molecule has 0 aromatic heterocycles. The zero-order valence-corrected chi connectivity index (χ0v) is 11.2. The Balaban J connectivity index is 1.74. The fourth-order valence-electron chi connectivity index (χ4n) is 3.09. The molecule has 1 spiro atoms. The third-order valence-corrected chi connectivity index (χ3v) is 4.38. The summed E-state index contributed by atoms with van der Waals surface area (Å²) >= 11 is 0. The number of benzene rings is 1. The van der Waals surface area contributed by atoms with Crippen molar-refractivity contribution < 1.29 is 19.0 Å². The first-order chi connectivity index (χ1) is 9.62. The summed E-state index contributed by atoms with van der Waals surface area (Å²) in [6.07, 6.45) is 2.95. The molecule has 1 aromatic rings. The largest absolute Gasteiger partial charge is 0.441 e. The molecule has 1 aliphatic heterocycles. The molecule has 1 aliphatic carbocycles. The van der Waals surface area contributed by atoms with Crippen LogP contribution in [0.15, 0.2) is 24.3 Å². The highest BCUT2D eigenvalue weighted by Gasteiger charge is 2.47. The second-order valence-corrected chi connectivity index (χ2v) is 5.74. The van der Waals surface area contributed by atoms with Crippen molar-refractivity contribution in [2.75, 3.05) is 18.1 Å². The molecule has 0 bridgehead atoms. The van der Waals surface area contributed by atoms with Crippen molar-refractivity contribution >= 4 is 11.8 Å². The summed E-state index contributed by atoms with van der Waals surface area (Å²) < 4.78 is 18.5. The van der Waals surface area contributed by atoms with Crippen LogP contribution < -0.4 is 4.90 Å². The Bertz CT molecular complexity index is 494. The molecule has 1 saturated carbocycles. The number of amides is 1. The molecule has 1 saturated heterocycles. The predicted octanol–water partition coefficient (Wildman–Crippen LogP) is 2.70. The van der Waals surface area contributed by atoms with Gasteiger partial charge in [-0.25, -0.2) is 9.18 Å². The lowest BCUT2D eigenvalue weighted by Crippen LogP contribution is -2.39. The number of carbonyl (C=O) groups excluding carboxylic acids is 1. The topological polar surface area (TPSA) is 49.8 Å². The van der Waals surface area contributed by atoms with Gasteiger partial charge in [-0.3, -0.25) is 4.90 Å². The van der Waals surface area contributed by atoms with Crippen molar-refractivity contribution in [2.24, 2.45) is 5.92 Å². The summed E-state index contributed by atoms with van der Waals surface area (Å²) in [5.41, 5.74) is 0.231. The number of hydrogen-bond acceptors (Lipinski definition) is 3. The van der Waals surface area contributed by atoms with Crippen molar-refractivity contribution in [1.29, 1.82) is 0 Å². The van der Waals surface area contributed by atoms with Crippen LogP contribution in [0.2, 0.25) is 0 Å². The molecule has 1 heterocycles. The van der Waals surface area contributed by atoms with Crippen LogP contribution >= 0.6 is 0 Å². The number of anilines is 1. The van der Waals surface area contributed by atoms with Crippen molar-refractivity contribution in [1.82, 2.24) is 0 Å². The van der Waals surface area contributed by atoms with Gasteiger partial charge in [0.25, 0.3) is 0 Å². The average molecular weight is 279 g/mol. The van der Waals surface area contributed by atoms with Crippen LogP contribution in [-0.4, -0.2) is 30.0 Å². The highest BCUT2D eigenvalue weighted by molar-refractivity contribution is 5.90. The first kappa shape index (κ1) is 13.4. The Hall–Kier alpha value is -1.62. The molecular formula is C15H18FNO3. The molecule has 20 heavy (non-hydrogen) atoms. The summed E-state index contributed by atoms with van der Waals surface area (Å²) in [7, 11) is 0. The number of rotatable bonds is 2. The van der Waals surface area contributed by atoms with Gasteiger partial charge in [0.2, 0.25) is 0 Å². The SMILES string of the molecule is O=C1OC2(CCC(CO)CC2)CN1c1ccc(F)cc1. The molecule has 0 atom stereocenters. The van der Waals surface area contributed by atoms with Crippen molar-refractivity contribution in [3.05, 3.63) is 30.1 Å². The van der Waals surface area contributed by atoms with Crippen LogP contribution in [0, 0.1) is 11.7 Å². The number of carbonyl (C=O) groups is 1. The Morgan fingerprint density at radius 1 is 1.30 bits per heavy atom. The average Bonchev–Trinajstić information content (AvgIpc) is 2.77. The lowest BCUT2D eigenvalue weighted by Gasteiger charge is -2.34. The Labute approximate surface area is 117 Å². The highest BCUT2D eigenvalue weighted by Crippen LogP contribution is 2.40. The molecule has 5 heteroatoms. The lowest BCUT2D eigenvalue weighted by atomic mass is 9.79. The Morgan fingerprint density at radius 3 is 2.55 bits per heavy atom. The van der Waals surface area contributed by atoms with Crippen LogP contribution in [0.25, 0.3) is 0 Å². The summed E-state index contributed by atoms with van der Waals surface area (Å²) in [4.78, 5) is 13.6. The summed E-state index contributed by atoms with van der Waals surface area (Å²) in [5, 5.41) is 9.18. The summed E-state index contributed by atoms with van der Waals surface area (Å²) in [6, 6.07) is 5.87. The zero-order chi connectivity index (χ0) is 14.2.